The van der Waals surface area contributed by atoms with Gasteiger partial charge in [0.25, 0.3) is 0 Å². The molecule has 0 radical (unpaired) electrons. The number of aryl methyl sites for hydroxylation is 2. The molecule has 0 saturated heterocycles. The second-order valence-electron chi connectivity index (χ2n) is 2.61. The predicted molar refractivity (Wildman–Crippen MR) is 45.5 cm³/mol. The lowest BCUT2D eigenvalue weighted by Crippen LogP contribution is -1.88. The summed E-state index contributed by atoms with van der Waals surface area (Å²) in [5.41, 5.74) is 2.39. The van der Waals surface area contributed by atoms with E-state index in [0.717, 1.165) is 12.0 Å². The summed E-state index contributed by atoms with van der Waals surface area (Å²) in [4.78, 5) is 0. The minimum absolute atomic E-state index is 0.257. The Bertz CT molecular complexity index is 218. The van der Waals surface area contributed by atoms with Crippen LogP contribution in [-0.4, -0.2) is 6.67 Å². The van der Waals surface area contributed by atoms with E-state index in [-0.39, 0.29) is 6.67 Å². The van der Waals surface area contributed by atoms with Gasteiger partial charge in [0.2, 0.25) is 0 Å². The first-order valence-electron chi connectivity index (χ1n) is 4.00. The highest BCUT2D eigenvalue weighted by molar-refractivity contribution is 5.23. The van der Waals surface area contributed by atoms with Gasteiger partial charge in [0, 0.05) is 6.42 Å². The Labute approximate surface area is 67.1 Å². The molecule has 0 spiro atoms. The fourth-order valence-corrected chi connectivity index (χ4v) is 1.11. The molecule has 1 rings (SSSR count). The maximum atomic E-state index is 11.9. The Morgan fingerprint density at radius 3 is 2.64 bits per heavy atom. The van der Waals surface area contributed by atoms with E-state index in [1.807, 2.05) is 12.1 Å². The summed E-state index contributed by atoms with van der Waals surface area (Å²) in [6, 6.07) is 8.10. The van der Waals surface area contributed by atoms with Crippen molar-refractivity contribution in [2.75, 3.05) is 6.67 Å². The van der Waals surface area contributed by atoms with Crippen molar-refractivity contribution >= 4 is 0 Å². The SMILES string of the molecule is CCc1cccc(CCF)c1. The zero-order chi connectivity index (χ0) is 8.10. The topological polar surface area (TPSA) is 0 Å². The van der Waals surface area contributed by atoms with Gasteiger partial charge < -0.3 is 0 Å². The van der Waals surface area contributed by atoms with Crippen LogP contribution in [0.4, 0.5) is 4.39 Å². The van der Waals surface area contributed by atoms with Crippen LogP contribution in [0.1, 0.15) is 18.1 Å². The maximum absolute atomic E-state index is 11.9. The van der Waals surface area contributed by atoms with Gasteiger partial charge in [-0.1, -0.05) is 31.2 Å². The first-order chi connectivity index (χ1) is 5.36. The molecule has 0 fully saturated rings. The molecule has 0 aromatic heterocycles. The summed E-state index contributed by atoms with van der Waals surface area (Å²) in [6.07, 6.45) is 1.58. The molecule has 0 aliphatic rings. The molecule has 0 bridgehead atoms. The summed E-state index contributed by atoms with van der Waals surface area (Å²) in [5, 5.41) is 0. The molecule has 0 N–H and O–H groups in total. The van der Waals surface area contributed by atoms with Crippen molar-refractivity contribution in [2.24, 2.45) is 0 Å². The van der Waals surface area contributed by atoms with Crippen LogP contribution >= 0.6 is 0 Å². The molecule has 0 saturated carbocycles. The van der Waals surface area contributed by atoms with E-state index in [1.54, 1.807) is 0 Å². The van der Waals surface area contributed by atoms with Crippen LogP contribution in [-0.2, 0) is 12.8 Å². The third kappa shape index (κ3) is 2.34. The Balaban J connectivity index is 2.74. The average molecular weight is 152 g/mol. The van der Waals surface area contributed by atoms with Crippen molar-refractivity contribution in [3.63, 3.8) is 0 Å². The molecule has 60 valence electrons. The minimum Gasteiger partial charge on any atom is -0.251 e. The van der Waals surface area contributed by atoms with E-state index >= 15 is 0 Å². The Morgan fingerprint density at radius 2 is 2.00 bits per heavy atom. The van der Waals surface area contributed by atoms with Crippen LogP contribution in [0.25, 0.3) is 0 Å². The van der Waals surface area contributed by atoms with E-state index in [9.17, 15) is 4.39 Å². The molecule has 1 aromatic carbocycles. The first-order valence-corrected chi connectivity index (χ1v) is 4.00. The van der Waals surface area contributed by atoms with Gasteiger partial charge in [-0.15, -0.1) is 0 Å². The number of hydrogen-bond acceptors (Lipinski definition) is 0. The lowest BCUT2D eigenvalue weighted by atomic mass is 10.1. The maximum Gasteiger partial charge on any atom is 0.0934 e. The van der Waals surface area contributed by atoms with E-state index in [1.165, 1.54) is 5.56 Å². The summed E-state index contributed by atoms with van der Waals surface area (Å²) in [6.45, 7) is 1.85. The first kappa shape index (κ1) is 8.25. The molecule has 1 heteroatoms. The molecule has 0 aliphatic heterocycles. The third-order valence-electron chi connectivity index (χ3n) is 1.78. The molecule has 0 atom stereocenters. The molecule has 1 aromatic rings. The van der Waals surface area contributed by atoms with Gasteiger partial charge >= 0.3 is 0 Å². The van der Waals surface area contributed by atoms with Gasteiger partial charge in [-0.2, -0.15) is 0 Å². The van der Waals surface area contributed by atoms with Crippen molar-refractivity contribution in [2.45, 2.75) is 19.8 Å². The fraction of sp³-hybridized carbons (Fsp3) is 0.400. The number of halogens is 1. The average Bonchev–Trinajstić information content (AvgIpc) is 2.06. The smallest absolute Gasteiger partial charge is 0.0934 e. The molecule has 11 heavy (non-hydrogen) atoms. The van der Waals surface area contributed by atoms with Gasteiger partial charge in [0.1, 0.15) is 0 Å². The van der Waals surface area contributed by atoms with Crippen LogP contribution < -0.4 is 0 Å². The van der Waals surface area contributed by atoms with Crippen LogP contribution in [0, 0.1) is 0 Å². The second kappa shape index (κ2) is 4.12. The molecular formula is C10H13F. The van der Waals surface area contributed by atoms with Gasteiger partial charge in [-0.05, 0) is 17.5 Å². The summed E-state index contributed by atoms with van der Waals surface area (Å²) >= 11 is 0. The number of benzene rings is 1. The standard InChI is InChI=1S/C10H13F/c1-2-9-4-3-5-10(8-9)6-7-11/h3-5,8H,2,6-7H2,1H3. The van der Waals surface area contributed by atoms with Crippen molar-refractivity contribution in [3.8, 4) is 0 Å². The molecule has 0 aliphatic carbocycles. The van der Waals surface area contributed by atoms with E-state index in [2.05, 4.69) is 19.1 Å². The number of rotatable bonds is 3. The highest BCUT2D eigenvalue weighted by Crippen LogP contribution is 2.06. The predicted octanol–water partition coefficient (Wildman–Crippen LogP) is 2.76. The molecule has 0 amide bonds. The molecular weight excluding hydrogens is 139 g/mol. The Kier molecular flexibility index (Phi) is 3.09. The van der Waals surface area contributed by atoms with Gasteiger partial charge in [-0.25, -0.2) is 0 Å². The van der Waals surface area contributed by atoms with Crippen molar-refractivity contribution in [1.82, 2.24) is 0 Å². The summed E-state index contributed by atoms with van der Waals surface area (Å²) in [7, 11) is 0. The van der Waals surface area contributed by atoms with Crippen molar-refractivity contribution < 1.29 is 4.39 Å². The largest absolute Gasteiger partial charge is 0.251 e. The van der Waals surface area contributed by atoms with Gasteiger partial charge in [0.05, 0.1) is 6.67 Å². The summed E-state index contributed by atoms with van der Waals surface area (Å²) < 4.78 is 11.9. The Morgan fingerprint density at radius 1 is 1.27 bits per heavy atom. The number of hydrogen-bond donors (Lipinski definition) is 0. The second-order valence-corrected chi connectivity index (χ2v) is 2.61. The van der Waals surface area contributed by atoms with Gasteiger partial charge in [-0.3, -0.25) is 4.39 Å². The van der Waals surface area contributed by atoms with Crippen molar-refractivity contribution in [1.29, 1.82) is 0 Å². The Hall–Kier alpha value is -0.850. The van der Waals surface area contributed by atoms with Crippen LogP contribution in [0.3, 0.4) is 0 Å². The summed E-state index contributed by atoms with van der Waals surface area (Å²) in [5.74, 6) is 0. The molecule has 0 heterocycles. The molecule has 0 nitrogen and oxygen atoms in total. The molecule has 0 unspecified atom stereocenters. The van der Waals surface area contributed by atoms with Crippen molar-refractivity contribution in [3.05, 3.63) is 35.4 Å². The van der Waals surface area contributed by atoms with Crippen LogP contribution in [0.2, 0.25) is 0 Å². The third-order valence-corrected chi connectivity index (χ3v) is 1.78. The zero-order valence-electron chi connectivity index (χ0n) is 6.81. The lowest BCUT2D eigenvalue weighted by Gasteiger charge is -1.99. The number of alkyl halides is 1. The monoisotopic (exact) mass is 152 g/mol. The van der Waals surface area contributed by atoms with E-state index < -0.39 is 0 Å². The highest BCUT2D eigenvalue weighted by Gasteiger charge is 1.92. The quantitative estimate of drug-likeness (QED) is 0.624. The highest BCUT2D eigenvalue weighted by atomic mass is 19.1. The van der Waals surface area contributed by atoms with Crippen LogP contribution in [0.5, 0.6) is 0 Å². The lowest BCUT2D eigenvalue weighted by molar-refractivity contribution is 0.495. The fourth-order valence-electron chi connectivity index (χ4n) is 1.11. The normalized spacial score (nSPS) is 10.0. The van der Waals surface area contributed by atoms with Crippen LogP contribution in [0.15, 0.2) is 24.3 Å². The minimum atomic E-state index is -0.257. The van der Waals surface area contributed by atoms with Gasteiger partial charge in [0.15, 0.2) is 0 Å². The van der Waals surface area contributed by atoms with E-state index in [0.29, 0.717) is 6.42 Å². The van der Waals surface area contributed by atoms with E-state index in [4.69, 9.17) is 0 Å². The zero-order valence-corrected chi connectivity index (χ0v) is 6.81.